The first-order chi connectivity index (χ1) is 17.5. The highest BCUT2D eigenvalue weighted by Crippen LogP contribution is 2.36. The molecule has 1 aliphatic heterocycles. The molecule has 1 fully saturated rings. The van der Waals surface area contributed by atoms with Gasteiger partial charge in [-0.25, -0.2) is 22.7 Å². The lowest BCUT2D eigenvalue weighted by atomic mass is 10.0. The Morgan fingerprint density at radius 2 is 2.03 bits per heavy atom. The maximum atomic E-state index is 15.1. The van der Waals surface area contributed by atoms with Gasteiger partial charge in [-0.2, -0.15) is 4.98 Å². The number of benzene rings is 1. The number of fused-ring (bicyclic) bond motifs is 2. The summed E-state index contributed by atoms with van der Waals surface area (Å²) in [7, 11) is 1.42. The van der Waals surface area contributed by atoms with E-state index < -0.39 is 30.2 Å². The molecule has 1 amide bonds. The molecular formula is C25H28F3N7O2. The van der Waals surface area contributed by atoms with Gasteiger partial charge in [0.25, 0.3) is 5.92 Å². The van der Waals surface area contributed by atoms with Gasteiger partial charge in [-0.3, -0.25) is 4.79 Å². The molecule has 4 heterocycles. The molecule has 0 spiro atoms. The monoisotopic (exact) mass is 515 g/mol. The molecule has 0 saturated carbocycles. The van der Waals surface area contributed by atoms with Crippen molar-refractivity contribution in [3.63, 3.8) is 0 Å². The van der Waals surface area contributed by atoms with E-state index in [1.54, 1.807) is 12.3 Å². The molecule has 196 valence electrons. The minimum absolute atomic E-state index is 0.0372. The van der Waals surface area contributed by atoms with Crippen LogP contribution >= 0.6 is 0 Å². The van der Waals surface area contributed by atoms with Crippen molar-refractivity contribution < 1.29 is 22.7 Å². The molecule has 5 rings (SSSR count). The van der Waals surface area contributed by atoms with Gasteiger partial charge in [-0.15, -0.1) is 5.10 Å². The van der Waals surface area contributed by atoms with E-state index in [4.69, 9.17) is 4.74 Å². The highest BCUT2D eigenvalue weighted by Gasteiger charge is 2.45. The third-order valence-electron chi connectivity index (χ3n) is 6.77. The Balaban J connectivity index is 1.54. The topological polar surface area (TPSA) is 89.6 Å². The Hall–Kier alpha value is -3.83. The lowest BCUT2D eigenvalue weighted by Crippen LogP contribution is -2.55. The molecule has 1 aliphatic rings. The van der Waals surface area contributed by atoms with E-state index in [0.717, 1.165) is 4.90 Å². The van der Waals surface area contributed by atoms with Crippen LogP contribution in [0, 0.1) is 12.7 Å². The van der Waals surface area contributed by atoms with Crippen LogP contribution in [0.5, 0.6) is 5.88 Å². The van der Waals surface area contributed by atoms with E-state index >= 15 is 4.39 Å². The number of carbonyl (C=O) groups is 1. The van der Waals surface area contributed by atoms with Crippen LogP contribution in [0.2, 0.25) is 0 Å². The molecule has 37 heavy (non-hydrogen) atoms. The summed E-state index contributed by atoms with van der Waals surface area (Å²) in [6.07, 6.45) is 1.68. The summed E-state index contributed by atoms with van der Waals surface area (Å²) in [6, 6.07) is 3.85. The van der Waals surface area contributed by atoms with Crippen LogP contribution in [0.15, 0.2) is 24.4 Å². The van der Waals surface area contributed by atoms with Gasteiger partial charge in [-0.1, -0.05) is 0 Å². The van der Waals surface area contributed by atoms with Gasteiger partial charge in [0, 0.05) is 31.3 Å². The van der Waals surface area contributed by atoms with Gasteiger partial charge in [0.2, 0.25) is 17.7 Å². The molecule has 1 atom stereocenters. The second-order valence-corrected chi connectivity index (χ2v) is 9.60. The minimum atomic E-state index is -3.16. The Morgan fingerprint density at radius 1 is 1.27 bits per heavy atom. The molecule has 1 saturated heterocycles. The van der Waals surface area contributed by atoms with Crippen molar-refractivity contribution >= 4 is 28.4 Å². The van der Waals surface area contributed by atoms with E-state index in [1.807, 2.05) is 31.4 Å². The van der Waals surface area contributed by atoms with Crippen molar-refractivity contribution in [3.8, 4) is 17.0 Å². The van der Waals surface area contributed by atoms with Crippen LogP contribution in [0.1, 0.15) is 39.1 Å². The number of methoxy groups -OCH3 is 1. The SMILES string of the molecule is COc1nc(NC2CCN(C(C)=O)CC2(F)F)nn2ccc(-c3cc(F)c4nc(C)n(C(C)C)c4c3)c12. The van der Waals surface area contributed by atoms with Crippen molar-refractivity contribution in [1.29, 1.82) is 0 Å². The van der Waals surface area contributed by atoms with E-state index in [-0.39, 0.29) is 30.8 Å². The zero-order valence-electron chi connectivity index (χ0n) is 21.2. The average molecular weight is 516 g/mol. The van der Waals surface area contributed by atoms with Crippen molar-refractivity contribution in [2.24, 2.45) is 0 Å². The quantitative estimate of drug-likeness (QED) is 0.423. The first kappa shape index (κ1) is 24.8. The zero-order valence-corrected chi connectivity index (χ0v) is 21.2. The zero-order chi connectivity index (χ0) is 26.6. The standard InChI is InChI=1S/C25H28F3N7O2/c1-13(2)35-14(3)29-21-18(26)10-16(11-19(21)35)17-6-9-34-22(17)23(37-5)31-24(32-34)30-20-7-8-33(15(4)36)12-25(20,27)28/h6,9-11,13,20H,7-8,12H2,1-5H3,(H,30,32). The molecule has 3 aromatic heterocycles. The molecule has 4 aromatic rings. The molecule has 0 radical (unpaired) electrons. The fraction of sp³-hybridized carbons (Fsp3) is 0.440. The van der Waals surface area contributed by atoms with Gasteiger partial charge >= 0.3 is 0 Å². The maximum absolute atomic E-state index is 15.1. The van der Waals surface area contributed by atoms with Crippen LogP contribution in [0.25, 0.3) is 27.7 Å². The Morgan fingerprint density at radius 3 is 2.68 bits per heavy atom. The molecule has 1 unspecified atom stereocenters. The first-order valence-electron chi connectivity index (χ1n) is 12.0. The van der Waals surface area contributed by atoms with E-state index in [0.29, 0.717) is 33.5 Å². The van der Waals surface area contributed by atoms with Crippen LogP contribution in [-0.4, -0.2) is 67.1 Å². The number of halogens is 3. The average Bonchev–Trinajstić information content (AvgIpc) is 3.40. The number of hydrogen-bond acceptors (Lipinski definition) is 6. The minimum Gasteiger partial charge on any atom is -0.479 e. The van der Waals surface area contributed by atoms with Crippen LogP contribution in [0.3, 0.4) is 0 Å². The smallest absolute Gasteiger partial charge is 0.285 e. The lowest BCUT2D eigenvalue weighted by Gasteiger charge is -2.38. The summed E-state index contributed by atoms with van der Waals surface area (Å²) < 4.78 is 53.5. The van der Waals surface area contributed by atoms with Gasteiger partial charge < -0.3 is 19.5 Å². The molecule has 1 N–H and O–H groups in total. The number of aryl methyl sites for hydroxylation is 1. The maximum Gasteiger partial charge on any atom is 0.285 e. The molecule has 12 heteroatoms. The predicted octanol–water partition coefficient (Wildman–Crippen LogP) is 4.45. The molecule has 0 bridgehead atoms. The summed E-state index contributed by atoms with van der Waals surface area (Å²) in [5, 5.41) is 7.09. The number of carbonyl (C=O) groups excluding carboxylic acids is 1. The lowest BCUT2D eigenvalue weighted by molar-refractivity contribution is -0.140. The summed E-state index contributed by atoms with van der Waals surface area (Å²) >= 11 is 0. The molecule has 0 aliphatic carbocycles. The summed E-state index contributed by atoms with van der Waals surface area (Å²) in [4.78, 5) is 21.4. The predicted molar refractivity (Wildman–Crippen MR) is 133 cm³/mol. The normalized spacial score (nSPS) is 17.6. The first-order valence-corrected chi connectivity index (χ1v) is 12.0. The Labute approximate surface area is 211 Å². The van der Waals surface area contributed by atoms with Crippen LogP contribution in [0.4, 0.5) is 19.1 Å². The number of alkyl halides is 2. The van der Waals surface area contributed by atoms with Gasteiger partial charge in [0.15, 0.2) is 5.82 Å². The van der Waals surface area contributed by atoms with Crippen molar-refractivity contribution in [3.05, 3.63) is 36.0 Å². The van der Waals surface area contributed by atoms with E-state index in [1.165, 1.54) is 24.6 Å². The second-order valence-electron chi connectivity index (χ2n) is 9.60. The number of piperidine rings is 1. The number of amides is 1. The Kier molecular flexibility index (Phi) is 5.99. The number of nitrogens with zero attached hydrogens (tertiary/aromatic N) is 6. The van der Waals surface area contributed by atoms with Crippen LogP contribution < -0.4 is 10.1 Å². The number of aromatic nitrogens is 5. The van der Waals surface area contributed by atoms with Gasteiger partial charge in [-0.05, 0) is 51.0 Å². The number of anilines is 1. The summed E-state index contributed by atoms with van der Waals surface area (Å²) in [5.74, 6) is -3.18. The van der Waals surface area contributed by atoms with Gasteiger partial charge in [0.05, 0.1) is 25.2 Å². The van der Waals surface area contributed by atoms with E-state index in [2.05, 4.69) is 20.4 Å². The number of imidazole rings is 1. The highest BCUT2D eigenvalue weighted by atomic mass is 19.3. The van der Waals surface area contributed by atoms with Crippen LogP contribution in [-0.2, 0) is 4.79 Å². The number of rotatable bonds is 5. The molecular weight excluding hydrogens is 487 g/mol. The van der Waals surface area contributed by atoms with E-state index in [9.17, 15) is 13.6 Å². The molecule has 1 aromatic carbocycles. The molecule has 9 nitrogen and oxygen atoms in total. The number of hydrogen-bond donors (Lipinski definition) is 1. The number of nitrogens with one attached hydrogen (secondary N) is 1. The number of likely N-dealkylation sites (tertiary alicyclic amines) is 1. The summed E-state index contributed by atoms with van der Waals surface area (Å²) in [6.45, 7) is 6.66. The Bertz CT molecular complexity index is 1510. The van der Waals surface area contributed by atoms with Gasteiger partial charge in [0.1, 0.15) is 16.9 Å². The second kappa shape index (κ2) is 8.93. The van der Waals surface area contributed by atoms with Crippen molar-refractivity contribution in [2.45, 2.75) is 52.1 Å². The fourth-order valence-corrected chi connectivity index (χ4v) is 5.05. The fourth-order valence-electron chi connectivity index (χ4n) is 5.05. The summed E-state index contributed by atoms with van der Waals surface area (Å²) in [5.41, 5.74) is 2.64. The third-order valence-corrected chi connectivity index (χ3v) is 6.77. The largest absolute Gasteiger partial charge is 0.479 e. The number of ether oxygens (including phenoxy) is 1. The van der Waals surface area contributed by atoms with Crippen molar-refractivity contribution in [1.82, 2.24) is 29.0 Å². The van der Waals surface area contributed by atoms with Crippen molar-refractivity contribution in [2.75, 3.05) is 25.5 Å². The third kappa shape index (κ3) is 4.23. The highest BCUT2D eigenvalue weighted by molar-refractivity contribution is 5.90.